The summed E-state index contributed by atoms with van der Waals surface area (Å²) in [7, 11) is 0. The summed E-state index contributed by atoms with van der Waals surface area (Å²) in [6.45, 7) is 6.89. The van der Waals surface area contributed by atoms with Crippen LogP contribution in [-0.2, 0) is 0 Å². The molecule has 2 aromatic carbocycles. The lowest BCUT2D eigenvalue weighted by molar-refractivity contribution is 0.192. The highest BCUT2D eigenvalue weighted by Gasteiger charge is 2.13. The molecule has 0 amide bonds. The number of ether oxygens (including phenoxy) is 1. The van der Waals surface area contributed by atoms with Gasteiger partial charge in [-0.1, -0.05) is 51.1 Å². The summed E-state index contributed by atoms with van der Waals surface area (Å²) in [5.74, 6) is 0.783. The standard InChI is InChI=1S/C15H18O2/c1-15(2,3)10-17-13-9-8-11-6-4-5-7-12(11)14(13)16/h4-9,16H,10H2,1-3H3. The molecule has 0 aliphatic carbocycles. The average Bonchev–Trinajstić information content (AvgIpc) is 2.27. The number of phenols is 1. The van der Waals surface area contributed by atoms with E-state index < -0.39 is 0 Å². The molecule has 0 unspecified atom stereocenters. The third-order valence-electron chi connectivity index (χ3n) is 2.52. The van der Waals surface area contributed by atoms with E-state index in [-0.39, 0.29) is 11.2 Å². The monoisotopic (exact) mass is 230 g/mol. The number of hydrogen-bond donors (Lipinski definition) is 1. The van der Waals surface area contributed by atoms with E-state index in [1.807, 2.05) is 36.4 Å². The Balaban J connectivity index is 2.33. The van der Waals surface area contributed by atoms with Crippen molar-refractivity contribution in [3.63, 3.8) is 0 Å². The first kappa shape index (κ1) is 11.8. The van der Waals surface area contributed by atoms with Gasteiger partial charge in [-0.15, -0.1) is 0 Å². The van der Waals surface area contributed by atoms with Gasteiger partial charge in [0.2, 0.25) is 0 Å². The highest BCUT2D eigenvalue weighted by atomic mass is 16.5. The van der Waals surface area contributed by atoms with Gasteiger partial charge in [-0.05, 0) is 16.9 Å². The third-order valence-corrected chi connectivity index (χ3v) is 2.52. The summed E-state index contributed by atoms with van der Waals surface area (Å²) in [5, 5.41) is 12.0. The van der Waals surface area contributed by atoms with E-state index in [9.17, 15) is 5.11 Å². The molecule has 0 saturated carbocycles. The molecular weight excluding hydrogens is 212 g/mol. The van der Waals surface area contributed by atoms with Crippen molar-refractivity contribution in [3.8, 4) is 11.5 Å². The molecule has 0 saturated heterocycles. The Morgan fingerprint density at radius 1 is 1.06 bits per heavy atom. The van der Waals surface area contributed by atoms with Crippen LogP contribution in [0.5, 0.6) is 11.5 Å². The average molecular weight is 230 g/mol. The van der Waals surface area contributed by atoms with Crippen molar-refractivity contribution >= 4 is 10.8 Å². The van der Waals surface area contributed by atoms with Gasteiger partial charge >= 0.3 is 0 Å². The molecule has 0 spiro atoms. The second-order valence-corrected chi connectivity index (χ2v) is 5.48. The molecule has 2 heteroatoms. The first-order valence-electron chi connectivity index (χ1n) is 5.81. The zero-order valence-corrected chi connectivity index (χ0v) is 10.5. The third kappa shape index (κ3) is 2.70. The minimum Gasteiger partial charge on any atom is -0.504 e. The van der Waals surface area contributed by atoms with Gasteiger partial charge in [0.1, 0.15) is 0 Å². The lowest BCUT2D eigenvalue weighted by Crippen LogP contribution is -2.16. The van der Waals surface area contributed by atoms with E-state index in [4.69, 9.17) is 4.74 Å². The molecule has 1 N–H and O–H groups in total. The summed E-state index contributed by atoms with van der Waals surface area (Å²) in [4.78, 5) is 0. The quantitative estimate of drug-likeness (QED) is 0.845. The van der Waals surface area contributed by atoms with Crippen LogP contribution in [0.15, 0.2) is 36.4 Å². The Kier molecular flexibility index (Phi) is 2.97. The van der Waals surface area contributed by atoms with Crippen LogP contribution in [0, 0.1) is 5.41 Å². The van der Waals surface area contributed by atoms with E-state index in [1.165, 1.54) is 0 Å². The Morgan fingerprint density at radius 3 is 2.47 bits per heavy atom. The van der Waals surface area contributed by atoms with Gasteiger partial charge < -0.3 is 9.84 Å². The maximum Gasteiger partial charge on any atom is 0.165 e. The minimum atomic E-state index is 0.0814. The highest BCUT2D eigenvalue weighted by molar-refractivity contribution is 5.90. The molecule has 0 heterocycles. The van der Waals surface area contributed by atoms with Crippen LogP contribution < -0.4 is 4.74 Å². The normalized spacial score (nSPS) is 11.7. The number of rotatable bonds is 2. The smallest absolute Gasteiger partial charge is 0.165 e. The summed E-state index contributed by atoms with van der Waals surface area (Å²) >= 11 is 0. The van der Waals surface area contributed by atoms with Crippen molar-refractivity contribution in [2.24, 2.45) is 5.41 Å². The molecule has 0 fully saturated rings. The maximum absolute atomic E-state index is 10.1. The number of fused-ring (bicyclic) bond motifs is 1. The predicted molar refractivity (Wildman–Crippen MR) is 70.6 cm³/mol. The van der Waals surface area contributed by atoms with Crippen molar-refractivity contribution < 1.29 is 9.84 Å². The van der Waals surface area contributed by atoms with Crippen molar-refractivity contribution in [2.45, 2.75) is 20.8 Å². The van der Waals surface area contributed by atoms with E-state index in [0.29, 0.717) is 12.4 Å². The second-order valence-electron chi connectivity index (χ2n) is 5.48. The second kappa shape index (κ2) is 4.28. The van der Waals surface area contributed by atoms with Crippen molar-refractivity contribution in [1.29, 1.82) is 0 Å². The number of phenolic OH excluding ortho intramolecular Hbond substituents is 1. The van der Waals surface area contributed by atoms with Gasteiger partial charge in [-0.3, -0.25) is 0 Å². The van der Waals surface area contributed by atoms with Crippen molar-refractivity contribution in [1.82, 2.24) is 0 Å². The molecule has 2 aromatic rings. The Morgan fingerprint density at radius 2 is 1.76 bits per heavy atom. The van der Waals surface area contributed by atoms with Crippen LogP contribution in [0.4, 0.5) is 0 Å². The largest absolute Gasteiger partial charge is 0.504 e. The van der Waals surface area contributed by atoms with Gasteiger partial charge in [-0.2, -0.15) is 0 Å². The van der Waals surface area contributed by atoms with Crippen LogP contribution in [-0.4, -0.2) is 11.7 Å². The SMILES string of the molecule is CC(C)(C)COc1ccc2ccccc2c1O. The van der Waals surface area contributed by atoms with Crippen LogP contribution >= 0.6 is 0 Å². The predicted octanol–water partition coefficient (Wildman–Crippen LogP) is 3.97. The van der Waals surface area contributed by atoms with E-state index in [2.05, 4.69) is 20.8 Å². The number of hydrogen-bond acceptors (Lipinski definition) is 2. The lowest BCUT2D eigenvalue weighted by atomic mass is 9.98. The fraction of sp³-hybridized carbons (Fsp3) is 0.333. The molecule has 0 aliphatic heterocycles. The minimum absolute atomic E-state index is 0.0814. The first-order chi connectivity index (χ1) is 7.97. The van der Waals surface area contributed by atoms with Gasteiger partial charge in [0.05, 0.1) is 6.61 Å². The molecule has 2 rings (SSSR count). The topological polar surface area (TPSA) is 29.5 Å². The van der Waals surface area contributed by atoms with Crippen molar-refractivity contribution in [3.05, 3.63) is 36.4 Å². The first-order valence-corrected chi connectivity index (χ1v) is 5.81. The van der Waals surface area contributed by atoms with E-state index >= 15 is 0 Å². The fourth-order valence-electron chi connectivity index (χ4n) is 1.65. The Bertz CT molecular complexity index is 524. The fourth-order valence-corrected chi connectivity index (χ4v) is 1.65. The molecule has 0 aromatic heterocycles. The number of aromatic hydroxyl groups is 1. The van der Waals surface area contributed by atoms with Crippen molar-refractivity contribution in [2.75, 3.05) is 6.61 Å². The maximum atomic E-state index is 10.1. The summed E-state index contributed by atoms with van der Waals surface area (Å²) < 4.78 is 5.66. The summed E-state index contributed by atoms with van der Waals surface area (Å²) in [5.41, 5.74) is 0.0814. The Hall–Kier alpha value is -1.70. The highest BCUT2D eigenvalue weighted by Crippen LogP contribution is 2.34. The zero-order valence-electron chi connectivity index (χ0n) is 10.5. The lowest BCUT2D eigenvalue weighted by Gasteiger charge is -2.19. The van der Waals surface area contributed by atoms with Gasteiger partial charge in [-0.25, -0.2) is 0 Å². The van der Waals surface area contributed by atoms with Gasteiger partial charge in [0.15, 0.2) is 11.5 Å². The van der Waals surface area contributed by atoms with Gasteiger partial charge in [0.25, 0.3) is 0 Å². The molecule has 17 heavy (non-hydrogen) atoms. The zero-order chi connectivity index (χ0) is 12.5. The van der Waals surface area contributed by atoms with E-state index in [1.54, 1.807) is 0 Å². The molecular formula is C15H18O2. The number of benzene rings is 2. The van der Waals surface area contributed by atoms with Crippen LogP contribution in [0.25, 0.3) is 10.8 Å². The van der Waals surface area contributed by atoms with Crippen LogP contribution in [0.2, 0.25) is 0 Å². The molecule has 0 atom stereocenters. The molecule has 2 nitrogen and oxygen atoms in total. The molecule has 0 radical (unpaired) electrons. The van der Waals surface area contributed by atoms with E-state index in [0.717, 1.165) is 10.8 Å². The molecule has 90 valence electrons. The summed E-state index contributed by atoms with van der Waals surface area (Å²) in [6.07, 6.45) is 0. The van der Waals surface area contributed by atoms with Gasteiger partial charge in [0, 0.05) is 5.39 Å². The Labute approximate surface area is 102 Å². The van der Waals surface area contributed by atoms with Crippen LogP contribution in [0.3, 0.4) is 0 Å². The summed E-state index contributed by atoms with van der Waals surface area (Å²) in [6, 6.07) is 11.5. The molecule has 0 aliphatic rings. The van der Waals surface area contributed by atoms with Crippen LogP contribution in [0.1, 0.15) is 20.8 Å². The molecule has 0 bridgehead atoms.